The van der Waals surface area contributed by atoms with Crippen LogP contribution in [0.15, 0.2) is 42.6 Å². The molecule has 0 bridgehead atoms. The van der Waals surface area contributed by atoms with E-state index in [1.54, 1.807) is 28.7 Å². The van der Waals surface area contributed by atoms with E-state index in [4.69, 9.17) is 11.6 Å². The number of pyridine rings is 1. The van der Waals surface area contributed by atoms with Crippen molar-refractivity contribution in [3.63, 3.8) is 0 Å². The van der Waals surface area contributed by atoms with Crippen molar-refractivity contribution in [1.82, 2.24) is 14.7 Å². The molecule has 6 nitrogen and oxygen atoms in total. The van der Waals surface area contributed by atoms with Crippen LogP contribution in [-0.2, 0) is 4.79 Å². The van der Waals surface area contributed by atoms with Gasteiger partial charge in [0.15, 0.2) is 0 Å². The lowest BCUT2D eigenvalue weighted by Crippen LogP contribution is -2.27. The summed E-state index contributed by atoms with van der Waals surface area (Å²) in [5, 5.41) is 6.22. The number of anilines is 1. The van der Waals surface area contributed by atoms with Gasteiger partial charge in [0.2, 0.25) is 5.91 Å². The molecule has 1 aromatic carbocycles. The van der Waals surface area contributed by atoms with Gasteiger partial charge in [0.1, 0.15) is 11.3 Å². The Morgan fingerprint density at radius 2 is 2.00 bits per heavy atom. The second-order valence-corrected chi connectivity index (χ2v) is 6.79. The number of amides is 2. The lowest BCUT2D eigenvalue weighted by Gasteiger charge is -2.07. The largest absolute Gasteiger partial charge is 0.351 e. The van der Waals surface area contributed by atoms with Crippen molar-refractivity contribution in [3.05, 3.63) is 64.6 Å². The maximum atomic E-state index is 12.5. The molecule has 2 aromatic heterocycles. The van der Waals surface area contributed by atoms with Crippen LogP contribution >= 0.6 is 11.6 Å². The fraction of sp³-hybridized carbons (Fsp3) is 0.250. The molecule has 2 heterocycles. The maximum Gasteiger partial charge on any atom is 0.270 e. The van der Waals surface area contributed by atoms with Gasteiger partial charge in [-0.25, -0.2) is 4.98 Å². The third-order valence-electron chi connectivity index (χ3n) is 4.21. The Hall–Kier alpha value is -2.86. The average Bonchev–Trinajstić information content (AvgIpc) is 2.96. The number of rotatable bonds is 6. The summed E-state index contributed by atoms with van der Waals surface area (Å²) in [5.41, 5.74) is 3.66. The molecule has 2 amide bonds. The smallest absolute Gasteiger partial charge is 0.270 e. The number of benzene rings is 1. The standard InChI is InChI=1S/C20H21ClN4O2/c1-13-6-5-11-25-18(14(2)23-19(13)25)20(27)22-10-4-9-17(26)24-16-8-3-7-15(21)12-16/h3,5-8,11-12H,4,9-10H2,1-2H3,(H,22,27)(H,24,26). The van der Waals surface area contributed by atoms with E-state index in [0.717, 1.165) is 11.2 Å². The van der Waals surface area contributed by atoms with Gasteiger partial charge < -0.3 is 10.6 Å². The summed E-state index contributed by atoms with van der Waals surface area (Å²) in [6.45, 7) is 4.18. The van der Waals surface area contributed by atoms with E-state index in [0.29, 0.717) is 41.5 Å². The Kier molecular flexibility index (Phi) is 5.76. The zero-order valence-corrected chi connectivity index (χ0v) is 16.0. The number of hydrogen-bond donors (Lipinski definition) is 2. The highest BCUT2D eigenvalue weighted by Gasteiger charge is 2.17. The van der Waals surface area contributed by atoms with Crippen LogP contribution in [0.4, 0.5) is 5.69 Å². The number of imidazole rings is 1. The number of aryl methyl sites for hydroxylation is 2. The molecule has 0 atom stereocenters. The third-order valence-corrected chi connectivity index (χ3v) is 4.44. The molecule has 0 aliphatic carbocycles. The molecule has 3 aromatic rings. The highest BCUT2D eigenvalue weighted by atomic mass is 35.5. The van der Waals surface area contributed by atoms with Gasteiger partial charge in [0, 0.05) is 29.9 Å². The lowest BCUT2D eigenvalue weighted by atomic mass is 10.2. The summed E-state index contributed by atoms with van der Waals surface area (Å²) in [4.78, 5) is 29.0. The molecule has 3 rings (SSSR count). The Bertz CT molecular complexity index is 997. The van der Waals surface area contributed by atoms with Gasteiger partial charge in [-0.05, 0) is 50.1 Å². The topological polar surface area (TPSA) is 75.5 Å². The van der Waals surface area contributed by atoms with E-state index in [1.165, 1.54) is 0 Å². The minimum atomic E-state index is -0.194. The first kappa shape index (κ1) is 18.9. The van der Waals surface area contributed by atoms with E-state index in [2.05, 4.69) is 15.6 Å². The second-order valence-electron chi connectivity index (χ2n) is 6.35. The van der Waals surface area contributed by atoms with Gasteiger partial charge >= 0.3 is 0 Å². The number of carbonyl (C=O) groups is 2. The van der Waals surface area contributed by atoms with E-state index in [9.17, 15) is 9.59 Å². The van der Waals surface area contributed by atoms with Crippen molar-refractivity contribution in [2.75, 3.05) is 11.9 Å². The second kappa shape index (κ2) is 8.22. The van der Waals surface area contributed by atoms with Crippen molar-refractivity contribution >= 4 is 34.7 Å². The summed E-state index contributed by atoms with van der Waals surface area (Å²) >= 11 is 5.90. The first-order valence-corrected chi connectivity index (χ1v) is 9.11. The van der Waals surface area contributed by atoms with Gasteiger partial charge in [-0.3, -0.25) is 14.0 Å². The van der Waals surface area contributed by atoms with Crippen LogP contribution in [0.1, 0.15) is 34.6 Å². The average molecular weight is 385 g/mol. The van der Waals surface area contributed by atoms with Gasteiger partial charge in [0.05, 0.1) is 5.69 Å². The van der Waals surface area contributed by atoms with Gasteiger partial charge in [-0.1, -0.05) is 23.7 Å². The zero-order valence-electron chi connectivity index (χ0n) is 15.3. The molecule has 0 aliphatic heterocycles. The molecular formula is C20H21ClN4O2. The first-order valence-electron chi connectivity index (χ1n) is 8.73. The Labute approximate surface area is 162 Å². The Balaban J connectivity index is 1.52. The van der Waals surface area contributed by atoms with Crippen molar-refractivity contribution in [3.8, 4) is 0 Å². The number of carbonyl (C=O) groups excluding carboxylic acids is 2. The predicted octanol–water partition coefficient (Wildman–Crippen LogP) is 3.75. The third kappa shape index (κ3) is 4.46. The van der Waals surface area contributed by atoms with Gasteiger partial charge in [-0.2, -0.15) is 0 Å². The normalized spacial score (nSPS) is 10.8. The molecule has 0 fully saturated rings. The molecule has 140 valence electrons. The van der Waals surface area contributed by atoms with Crippen LogP contribution in [0, 0.1) is 13.8 Å². The molecule has 2 N–H and O–H groups in total. The molecule has 0 aliphatic rings. The molecular weight excluding hydrogens is 364 g/mol. The summed E-state index contributed by atoms with van der Waals surface area (Å²) in [6.07, 6.45) is 2.67. The first-order chi connectivity index (χ1) is 13.0. The molecule has 0 spiro atoms. The number of aromatic nitrogens is 2. The van der Waals surface area contributed by atoms with Crippen LogP contribution in [-0.4, -0.2) is 27.7 Å². The highest BCUT2D eigenvalue weighted by Crippen LogP contribution is 2.16. The lowest BCUT2D eigenvalue weighted by molar-refractivity contribution is -0.116. The van der Waals surface area contributed by atoms with Gasteiger partial charge in [0.25, 0.3) is 5.91 Å². The SMILES string of the molecule is Cc1nc2c(C)cccn2c1C(=O)NCCCC(=O)Nc1cccc(Cl)c1. The van der Waals surface area contributed by atoms with E-state index in [-0.39, 0.29) is 11.8 Å². The summed E-state index contributed by atoms with van der Waals surface area (Å²) in [6, 6.07) is 10.8. The maximum absolute atomic E-state index is 12.5. The number of halogens is 1. The Morgan fingerprint density at radius 1 is 1.19 bits per heavy atom. The monoisotopic (exact) mass is 384 g/mol. The molecule has 0 radical (unpaired) electrons. The molecule has 7 heteroatoms. The molecule has 0 saturated heterocycles. The number of fused-ring (bicyclic) bond motifs is 1. The van der Waals surface area contributed by atoms with E-state index >= 15 is 0 Å². The quantitative estimate of drug-likeness (QED) is 0.635. The van der Waals surface area contributed by atoms with Gasteiger partial charge in [-0.15, -0.1) is 0 Å². The van der Waals surface area contributed by atoms with Crippen molar-refractivity contribution in [2.24, 2.45) is 0 Å². The fourth-order valence-electron chi connectivity index (χ4n) is 2.92. The van der Waals surface area contributed by atoms with Crippen LogP contribution in [0.25, 0.3) is 5.65 Å². The Morgan fingerprint density at radius 3 is 2.78 bits per heavy atom. The number of hydrogen-bond acceptors (Lipinski definition) is 3. The number of nitrogens with zero attached hydrogens (tertiary/aromatic N) is 2. The minimum Gasteiger partial charge on any atom is -0.351 e. The zero-order chi connectivity index (χ0) is 19.4. The van der Waals surface area contributed by atoms with Crippen LogP contribution in [0.2, 0.25) is 5.02 Å². The predicted molar refractivity (Wildman–Crippen MR) is 106 cm³/mol. The summed E-state index contributed by atoms with van der Waals surface area (Å²) in [7, 11) is 0. The van der Waals surface area contributed by atoms with Crippen LogP contribution < -0.4 is 10.6 Å². The highest BCUT2D eigenvalue weighted by molar-refractivity contribution is 6.30. The molecule has 0 saturated carbocycles. The van der Waals surface area contributed by atoms with Crippen molar-refractivity contribution < 1.29 is 9.59 Å². The molecule has 0 unspecified atom stereocenters. The van der Waals surface area contributed by atoms with E-state index in [1.807, 2.05) is 32.2 Å². The van der Waals surface area contributed by atoms with Crippen molar-refractivity contribution in [2.45, 2.75) is 26.7 Å². The molecule has 27 heavy (non-hydrogen) atoms. The van der Waals surface area contributed by atoms with Crippen LogP contribution in [0.3, 0.4) is 0 Å². The minimum absolute atomic E-state index is 0.117. The van der Waals surface area contributed by atoms with Crippen molar-refractivity contribution in [1.29, 1.82) is 0 Å². The van der Waals surface area contributed by atoms with Crippen LogP contribution in [0.5, 0.6) is 0 Å². The number of nitrogens with one attached hydrogen (secondary N) is 2. The summed E-state index contributed by atoms with van der Waals surface area (Å²) < 4.78 is 1.80. The van der Waals surface area contributed by atoms with E-state index < -0.39 is 0 Å². The summed E-state index contributed by atoms with van der Waals surface area (Å²) in [5.74, 6) is -0.311. The fourth-order valence-corrected chi connectivity index (χ4v) is 3.11.